The summed E-state index contributed by atoms with van der Waals surface area (Å²) in [6, 6.07) is 0. The van der Waals surface area contributed by atoms with Crippen LogP contribution in [0.1, 0.15) is 6.23 Å². The minimum atomic E-state index is -1.50. The highest BCUT2D eigenvalue weighted by molar-refractivity contribution is 5.71. The molecule has 8 N–H and O–H groups in total. The van der Waals surface area contributed by atoms with E-state index < -0.39 is 42.4 Å². The summed E-state index contributed by atoms with van der Waals surface area (Å²) in [5, 5.41) is 29.2. The molecule has 0 aliphatic carbocycles. The molecule has 0 spiro atoms. The van der Waals surface area contributed by atoms with E-state index in [4.69, 9.17) is 16.2 Å². The smallest absolute Gasteiger partial charge is 0.332 e. The molecule has 0 radical (unpaired) electrons. The van der Waals surface area contributed by atoms with Crippen LogP contribution in [0.5, 0.6) is 0 Å². The first-order valence-corrected chi connectivity index (χ1v) is 7.23. The Morgan fingerprint density at radius 1 is 1.29 bits per heavy atom. The highest BCUT2D eigenvalue weighted by Gasteiger charge is 2.45. The lowest BCUT2D eigenvalue weighted by atomic mass is 10.1. The van der Waals surface area contributed by atoms with E-state index in [1.165, 1.54) is 0 Å². The maximum atomic E-state index is 12.7. The molecule has 0 amide bonds. The molecule has 24 heavy (non-hydrogen) atoms. The molecule has 3 heterocycles. The number of hydrogen-bond acceptors (Lipinski definition) is 9. The summed E-state index contributed by atoms with van der Waals surface area (Å²) >= 11 is 0. The maximum Gasteiger partial charge on any atom is 0.332 e. The number of aromatic amines is 1. The minimum Gasteiger partial charge on any atom is -0.394 e. The van der Waals surface area contributed by atoms with Crippen molar-refractivity contribution in [1.82, 2.24) is 19.1 Å². The van der Waals surface area contributed by atoms with Crippen LogP contribution in [0, 0.1) is 0 Å². The average Bonchev–Trinajstić information content (AvgIpc) is 2.96. The molecule has 1 fully saturated rings. The highest BCUT2D eigenvalue weighted by atomic mass is 16.6. The number of nitrogen functional groups attached to an aromatic ring is 1. The average molecular weight is 342 g/mol. The van der Waals surface area contributed by atoms with E-state index in [0.29, 0.717) is 0 Å². The van der Waals surface area contributed by atoms with Gasteiger partial charge in [0.1, 0.15) is 18.3 Å². The molecule has 4 unspecified atom stereocenters. The quantitative estimate of drug-likeness (QED) is 0.321. The molecule has 12 heteroatoms. The van der Waals surface area contributed by atoms with Crippen molar-refractivity contribution in [3.8, 4) is 0 Å². The summed E-state index contributed by atoms with van der Waals surface area (Å²) in [5.74, 6) is -0.224. The van der Waals surface area contributed by atoms with Crippen molar-refractivity contribution < 1.29 is 20.1 Å². The number of fused-ring (bicyclic) bond motifs is 1. The van der Waals surface area contributed by atoms with E-state index in [1.807, 2.05) is 0 Å². The van der Waals surface area contributed by atoms with Crippen molar-refractivity contribution in [1.29, 1.82) is 0 Å². The van der Waals surface area contributed by atoms with E-state index in [0.717, 1.165) is 9.13 Å². The van der Waals surface area contributed by atoms with Gasteiger partial charge in [0.2, 0.25) is 5.95 Å². The number of aromatic nitrogens is 4. The first-order valence-electron chi connectivity index (χ1n) is 7.23. The van der Waals surface area contributed by atoms with Gasteiger partial charge in [0, 0.05) is 13.1 Å². The molecular weight excluding hydrogens is 324 g/mol. The molecule has 1 aliphatic heterocycles. The number of hydrogen-bond donors (Lipinski definition) is 6. The van der Waals surface area contributed by atoms with Gasteiger partial charge in [-0.05, 0) is 0 Å². The molecule has 0 saturated carbocycles. The second-order valence-electron chi connectivity index (χ2n) is 5.45. The van der Waals surface area contributed by atoms with Gasteiger partial charge in [-0.25, -0.2) is 9.36 Å². The Hall–Kier alpha value is -2.25. The molecule has 2 aromatic rings. The summed E-state index contributed by atoms with van der Waals surface area (Å²) in [6.07, 6.45) is -5.32. The van der Waals surface area contributed by atoms with Gasteiger partial charge in [-0.2, -0.15) is 4.98 Å². The molecule has 3 rings (SSSR count). The van der Waals surface area contributed by atoms with Crippen LogP contribution in [0.4, 0.5) is 5.95 Å². The largest absolute Gasteiger partial charge is 0.394 e. The third kappa shape index (κ3) is 2.32. The van der Waals surface area contributed by atoms with Crippen molar-refractivity contribution in [2.24, 2.45) is 5.73 Å². The van der Waals surface area contributed by atoms with Crippen LogP contribution >= 0.6 is 0 Å². The van der Waals surface area contributed by atoms with E-state index >= 15 is 0 Å². The van der Waals surface area contributed by atoms with E-state index in [9.17, 15) is 24.9 Å². The first kappa shape index (κ1) is 16.6. The normalized spacial score (nSPS) is 27.2. The zero-order chi connectivity index (χ0) is 17.6. The fourth-order valence-corrected chi connectivity index (χ4v) is 2.86. The summed E-state index contributed by atoms with van der Waals surface area (Å²) in [7, 11) is 0. The van der Waals surface area contributed by atoms with Gasteiger partial charge in [0.25, 0.3) is 5.56 Å². The number of nitrogens with one attached hydrogen (secondary N) is 1. The number of aliphatic hydroxyl groups is 3. The fraction of sp³-hybridized carbons (Fsp3) is 0.583. The summed E-state index contributed by atoms with van der Waals surface area (Å²) in [6.45, 7) is -0.439. The number of imidazole rings is 1. The molecule has 0 bridgehead atoms. The maximum absolute atomic E-state index is 12.7. The number of nitrogens with zero attached hydrogens (tertiary/aromatic N) is 3. The Morgan fingerprint density at radius 3 is 2.58 bits per heavy atom. The van der Waals surface area contributed by atoms with Crippen LogP contribution in [-0.2, 0) is 11.3 Å². The Morgan fingerprint density at radius 2 is 2.00 bits per heavy atom. The predicted octanol–water partition coefficient (Wildman–Crippen LogP) is -3.96. The topological polar surface area (TPSA) is 195 Å². The molecule has 1 saturated heterocycles. The van der Waals surface area contributed by atoms with Gasteiger partial charge in [0.15, 0.2) is 17.4 Å². The van der Waals surface area contributed by atoms with Crippen molar-refractivity contribution in [2.75, 3.05) is 18.9 Å². The summed E-state index contributed by atoms with van der Waals surface area (Å²) < 4.78 is 7.38. The standard InChI is InChI=1S/C12H18N6O6/c13-1-2-17-5-8(15-11(14)16-9(5)22)18(12(17)23)10-7(21)6(20)4(3-19)24-10/h4,6-7,10,19-21H,1-3,13H2,(H3,14,15,16,22). The van der Waals surface area contributed by atoms with E-state index in [2.05, 4.69) is 9.97 Å². The number of H-pyrrole nitrogens is 1. The SMILES string of the molecule is NCCn1c(=O)n(C2OC(CO)C(O)C2O)c2nc(N)[nH]c(=O)c21. The van der Waals surface area contributed by atoms with Crippen molar-refractivity contribution >= 4 is 17.1 Å². The van der Waals surface area contributed by atoms with Crippen LogP contribution < -0.4 is 22.7 Å². The van der Waals surface area contributed by atoms with Gasteiger partial charge >= 0.3 is 5.69 Å². The van der Waals surface area contributed by atoms with Crippen molar-refractivity contribution in [3.05, 3.63) is 20.8 Å². The molecule has 1 aliphatic rings. The summed E-state index contributed by atoms with van der Waals surface area (Å²) in [4.78, 5) is 31.1. The number of rotatable bonds is 4. The lowest BCUT2D eigenvalue weighted by Crippen LogP contribution is -2.36. The number of aliphatic hydroxyl groups excluding tert-OH is 3. The van der Waals surface area contributed by atoms with Crippen LogP contribution in [0.15, 0.2) is 9.59 Å². The zero-order valence-corrected chi connectivity index (χ0v) is 12.5. The third-order valence-corrected chi connectivity index (χ3v) is 3.95. The van der Waals surface area contributed by atoms with E-state index in [1.54, 1.807) is 0 Å². The molecule has 12 nitrogen and oxygen atoms in total. The molecule has 2 aromatic heterocycles. The Labute approximate surface area is 133 Å². The second kappa shape index (κ2) is 5.99. The Bertz CT molecular complexity index is 871. The van der Waals surface area contributed by atoms with Crippen LogP contribution in [0.3, 0.4) is 0 Å². The molecule has 0 aromatic carbocycles. The number of nitrogens with two attached hydrogens (primary N) is 2. The predicted molar refractivity (Wildman–Crippen MR) is 81.1 cm³/mol. The molecular formula is C12H18N6O6. The Balaban J connectivity index is 2.27. The van der Waals surface area contributed by atoms with Gasteiger partial charge < -0.3 is 31.5 Å². The fourth-order valence-electron chi connectivity index (χ4n) is 2.86. The van der Waals surface area contributed by atoms with Crippen molar-refractivity contribution in [3.63, 3.8) is 0 Å². The zero-order valence-electron chi connectivity index (χ0n) is 12.5. The summed E-state index contributed by atoms with van der Waals surface area (Å²) in [5.41, 5.74) is 9.48. The van der Waals surface area contributed by atoms with Crippen LogP contribution in [-0.4, -0.2) is 65.9 Å². The van der Waals surface area contributed by atoms with Gasteiger partial charge in [-0.1, -0.05) is 0 Å². The molecule has 132 valence electrons. The van der Waals surface area contributed by atoms with Gasteiger partial charge in [-0.3, -0.25) is 14.3 Å². The van der Waals surface area contributed by atoms with E-state index in [-0.39, 0.29) is 30.2 Å². The van der Waals surface area contributed by atoms with Crippen LogP contribution in [0.2, 0.25) is 0 Å². The lowest BCUT2D eigenvalue weighted by molar-refractivity contribution is -0.0527. The van der Waals surface area contributed by atoms with Crippen LogP contribution in [0.25, 0.3) is 11.2 Å². The first-order chi connectivity index (χ1) is 11.4. The highest BCUT2D eigenvalue weighted by Crippen LogP contribution is 2.30. The second-order valence-corrected chi connectivity index (χ2v) is 5.45. The minimum absolute atomic E-state index is 0.0335. The monoisotopic (exact) mass is 342 g/mol. The Kier molecular flexibility index (Phi) is 4.15. The number of ether oxygens (including phenoxy) is 1. The number of anilines is 1. The molecule has 4 atom stereocenters. The van der Waals surface area contributed by atoms with Crippen molar-refractivity contribution in [2.45, 2.75) is 31.1 Å². The van der Waals surface area contributed by atoms with Gasteiger partial charge in [-0.15, -0.1) is 0 Å². The third-order valence-electron chi connectivity index (χ3n) is 3.95. The lowest BCUT2D eigenvalue weighted by Gasteiger charge is -2.15. The van der Waals surface area contributed by atoms with Gasteiger partial charge in [0.05, 0.1) is 6.61 Å².